The van der Waals surface area contributed by atoms with Crippen molar-refractivity contribution in [1.29, 1.82) is 0 Å². The quantitative estimate of drug-likeness (QED) is 0.402. The summed E-state index contributed by atoms with van der Waals surface area (Å²) in [4.78, 5) is 39.6. The minimum atomic E-state index is -1.98. The number of carbonyl (C=O) groups excluding carboxylic acids is 3. The van der Waals surface area contributed by atoms with E-state index in [9.17, 15) is 19.2 Å². The number of carboxylic acids is 1. The predicted molar refractivity (Wildman–Crippen MR) is 53.2 cm³/mol. The molecule has 16 heavy (non-hydrogen) atoms. The van der Waals surface area contributed by atoms with E-state index < -0.39 is 23.4 Å². The van der Waals surface area contributed by atoms with E-state index in [-0.39, 0.29) is 29.7 Å². The van der Waals surface area contributed by atoms with Crippen LogP contribution in [0, 0.1) is 29.7 Å². The fourth-order valence-electron chi connectivity index (χ4n) is 0.209. The van der Waals surface area contributed by atoms with Gasteiger partial charge in [0.05, 0.1) is 0 Å². The van der Waals surface area contributed by atoms with Gasteiger partial charge in [0.15, 0.2) is 0 Å². The fourth-order valence-corrected chi connectivity index (χ4v) is 0.209. The number of carbonyl (C=O) groups is 4. The number of amides is 1. The van der Waals surface area contributed by atoms with Gasteiger partial charge < -0.3 is 40.5 Å². The Morgan fingerprint density at radius 3 is 1.12 bits per heavy atom. The molecule has 0 fully saturated rings. The Balaban J connectivity index is -0.0000000393. The van der Waals surface area contributed by atoms with Crippen molar-refractivity contribution in [2.45, 2.75) is 0 Å². The number of carboxylic acid groups (broad SMARTS) is 1. The molecule has 0 aliphatic carbocycles. The van der Waals surface area contributed by atoms with Crippen LogP contribution in [0.5, 0.6) is 0 Å². The molecule has 0 aliphatic heterocycles. The second-order valence-electron chi connectivity index (χ2n) is 1.33. The minimum absolute atomic E-state index is 0. The molecule has 0 aliphatic rings. The molecule has 0 bridgehead atoms. The van der Waals surface area contributed by atoms with E-state index in [4.69, 9.17) is 8.97 Å². The van der Waals surface area contributed by atoms with Crippen molar-refractivity contribution in [3.05, 3.63) is 29.7 Å². The standard InChI is InChI=1S/C4H3NO5.4CH3.Co.O/c5-3(8)1(6)2(7)4(9)10;;;;;;/h(H2,5,8)(H,9,10);4*1H3;;/q;4*-1;;. The SMILES string of the molecule is NC(=O)C(=O)C(=O)C(=O)O.[CH3-].[CH3-].[CH3-].[CH3-].[O]=[Co]. The van der Waals surface area contributed by atoms with Crippen LogP contribution in [0.15, 0.2) is 0 Å². The van der Waals surface area contributed by atoms with Crippen molar-refractivity contribution in [2.75, 3.05) is 0 Å². The Labute approximate surface area is 103 Å². The average molecular weight is 280 g/mol. The summed E-state index contributed by atoms with van der Waals surface area (Å²) < 4.78 is 7.94. The normalized spacial score (nSPS) is 5.56. The summed E-state index contributed by atoms with van der Waals surface area (Å²) in [5.74, 6) is -7.07. The number of Topliss-reactive ketones (excluding diaryl/α,β-unsaturated/α-hetero) is 2. The molecule has 0 heterocycles. The van der Waals surface area contributed by atoms with Crippen molar-refractivity contribution in [1.82, 2.24) is 0 Å². The van der Waals surface area contributed by atoms with Crippen LogP contribution in [0.2, 0.25) is 0 Å². The van der Waals surface area contributed by atoms with E-state index in [1.54, 1.807) is 0 Å². The Morgan fingerprint density at radius 2 is 1.06 bits per heavy atom. The predicted octanol–water partition coefficient (Wildman–Crippen LogP) is -0.626. The van der Waals surface area contributed by atoms with Gasteiger partial charge in [-0.25, -0.2) is 4.79 Å². The molecule has 101 valence electrons. The second kappa shape index (κ2) is 19.2. The molecular formula is C8H15CoNO6-4. The first-order chi connectivity index (χ1) is 5.46. The molecule has 0 aromatic carbocycles. The summed E-state index contributed by atoms with van der Waals surface area (Å²) in [6.45, 7) is 0. The van der Waals surface area contributed by atoms with Crippen molar-refractivity contribution < 1.29 is 43.8 Å². The van der Waals surface area contributed by atoms with Gasteiger partial charge in [-0.3, -0.25) is 14.4 Å². The monoisotopic (exact) mass is 280 g/mol. The molecule has 7 nitrogen and oxygen atoms in total. The summed E-state index contributed by atoms with van der Waals surface area (Å²) in [7, 11) is 0. The van der Waals surface area contributed by atoms with Gasteiger partial charge in [0, 0.05) is 0 Å². The molecule has 0 aromatic heterocycles. The van der Waals surface area contributed by atoms with Crippen LogP contribution in [0.4, 0.5) is 0 Å². The third-order valence-corrected chi connectivity index (χ3v) is 0.624. The van der Waals surface area contributed by atoms with E-state index in [1.807, 2.05) is 0 Å². The van der Waals surface area contributed by atoms with Crippen molar-refractivity contribution in [3.63, 3.8) is 0 Å². The van der Waals surface area contributed by atoms with Gasteiger partial charge in [0.2, 0.25) is 0 Å². The number of primary amides is 1. The maximum atomic E-state index is 10.1. The van der Waals surface area contributed by atoms with Crippen LogP contribution < -0.4 is 5.73 Å². The fraction of sp³-hybridized carbons (Fsp3) is 0. The zero-order valence-corrected chi connectivity index (χ0v) is 10.4. The number of nitrogens with two attached hydrogens (primary N) is 1. The number of aliphatic carboxylic acids is 1. The van der Waals surface area contributed by atoms with Crippen LogP contribution in [0.3, 0.4) is 0 Å². The first-order valence-electron chi connectivity index (χ1n) is 2.21. The average Bonchev–Trinajstić information content (AvgIpc) is 2.05. The zero-order chi connectivity index (χ0) is 10.3. The van der Waals surface area contributed by atoms with Crippen LogP contribution in [-0.2, 0) is 38.7 Å². The molecule has 0 saturated heterocycles. The van der Waals surface area contributed by atoms with E-state index in [0.29, 0.717) is 0 Å². The second-order valence-corrected chi connectivity index (χ2v) is 1.33. The molecule has 0 spiro atoms. The van der Waals surface area contributed by atoms with Gasteiger partial charge in [-0.2, -0.15) is 0 Å². The van der Waals surface area contributed by atoms with Crippen LogP contribution >= 0.6 is 0 Å². The summed E-state index contributed by atoms with van der Waals surface area (Å²) >= 11 is 2.31. The summed E-state index contributed by atoms with van der Waals surface area (Å²) in [5, 5.41) is 7.82. The molecule has 0 radical (unpaired) electrons. The van der Waals surface area contributed by atoms with Crippen molar-refractivity contribution in [2.24, 2.45) is 5.73 Å². The molecule has 0 atom stereocenters. The molecule has 0 saturated carbocycles. The first-order valence-corrected chi connectivity index (χ1v) is 2.64. The third kappa shape index (κ3) is 15.1. The van der Waals surface area contributed by atoms with Gasteiger partial charge in [-0.05, 0) is 0 Å². The van der Waals surface area contributed by atoms with Crippen LogP contribution in [0.25, 0.3) is 0 Å². The Kier molecular flexibility index (Phi) is 43.8. The molecular weight excluding hydrogens is 265 g/mol. The number of rotatable bonds is 3. The van der Waals surface area contributed by atoms with Crippen LogP contribution in [0.1, 0.15) is 0 Å². The van der Waals surface area contributed by atoms with Gasteiger partial charge in [-0.1, -0.05) is 0 Å². The van der Waals surface area contributed by atoms with Crippen molar-refractivity contribution >= 4 is 23.4 Å². The Morgan fingerprint density at radius 1 is 0.812 bits per heavy atom. The molecule has 0 aromatic rings. The van der Waals surface area contributed by atoms with Crippen molar-refractivity contribution in [3.8, 4) is 0 Å². The number of hydrogen-bond donors (Lipinski definition) is 2. The van der Waals surface area contributed by atoms with Gasteiger partial charge in [0.1, 0.15) is 0 Å². The molecule has 3 N–H and O–H groups in total. The molecule has 0 unspecified atom stereocenters. The van der Waals surface area contributed by atoms with E-state index >= 15 is 0 Å². The maximum absolute atomic E-state index is 10.1. The van der Waals surface area contributed by atoms with Gasteiger partial charge >= 0.3 is 31.3 Å². The molecule has 8 heteroatoms. The van der Waals surface area contributed by atoms with Gasteiger partial charge in [-0.15, -0.1) is 0 Å². The van der Waals surface area contributed by atoms with E-state index in [1.165, 1.54) is 0 Å². The molecule has 1 amide bonds. The summed E-state index contributed by atoms with van der Waals surface area (Å²) in [5.41, 5.74) is 4.30. The number of ketones is 2. The third-order valence-electron chi connectivity index (χ3n) is 0.624. The van der Waals surface area contributed by atoms with Crippen LogP contribution in [-0.4, -0.2) is 28.5 Å². The first kappa shape index (κ1) is 36.5. The molecule has 0 rings (SSSR count). The Hall–Kier alpha value is -1.41. The van der Waals surface area contributed by atoms with E-state index in [0.717, 1.165) is 0 Å². The zero-order valence-electron chi connectivity index (χ0n) is 9.40. The number of hydrogen-bond acceptors (Lipinski definition) is 5. The summed E-state index contributed by atoms with van der Waals surface area (Å²) in [6, 6.07) is 0. The van der Waals surface area contributed by atoms with Gasteiger partial charge in [0.25, 0.3) is 11.7 Å². The summed E-state index contributed by atoms with van der Waals surface area (Å²) in [6.07, 6.45) is 0. The topological polar surface area (TPSA) is 132 Å². The van der Waals surface area contributed by atoms with E-state index in [2.05, 4.69) is 21.4 Å². The Bertz CT molecular complexity index is 217.